The SMILES string of the molecule is CCc1ccc(CC(O)C(O)c2ccccc2)s1. The second-order valence-corrected chi connectivity index (χ2v) is 5.60. The van der Waals surface area contributed by atoms with E-state index in [-0.39, 0.29) is 0 Å². The van der Waals surface area contributed by atoms with Crippen LogP contribution in [0.3, 0.4) is 0 Å². The third kappa shape index (κ3) is 3.19. The molecule has 2 nitrogen and oxygen atoms in total. The summed E-state index contributed by atoms with van der Waals surface area (Å²) in [5.41, 5.74) is 0.761. The van der Waals surface area contributed by atoms with E-state index in [1.807, 2.05) is 36.4 Å². The van der Waals surface area contributed by atoms with E-state index in [2.05, 4.69) is 13.0 Å². The van der Waals surface area contributed by atoms with Gasteiger partial charge in [0.05, 0.1) is 6.10 Å². The molecule has 96 valence electrons. The van der Waals surface area contributed by atoms with Crippen molar-refractivity contribution in [1.82, 2.24) is 0 Å². The van der Waals surface area contributed by atoms with Crippen LogP contribution >= 0.6 is 11.3 Å². The largest absolute Gasteiger partial charge is 0.390 e. The molecule has 0 aliphatic rings. The van der Waals surface area contributed by atoms with Crippen LogP contribution in [0.5, 0.6) is 0 Å². The Morgan fingerprint density at radius 2 is 1.67 bits per heavy atom. The molecule has 2 N–H and O–H groups in total. The molecule has 1 aromatic heterocycles. The Balaban J connectivity index is 2.01. The Hall–Kier alpha value is -1.16. The molecule has 0 saturated carbocycles. The molecule has 0 bridgehead atoms. The monoisotopic (exact) mass is 262 g/mol. The van der Waals surface area contributed by atoms with E-state index in [0.29, 0.717) is 6.42 Å². The second-order valence-electron chi connectivity index (χ2n) is 4.35. The van der Waals surface area contributed by atoms with E-state index >= 15 is 0 Å². The Labute approximate surface area is 112 Å². The standard InChI is InChI=1S/C15H18O2S/c1-2-12-8-9-13(18-12)10-14(16)15(17)11-6-4-3-5-7-11/h3-9,14-17H,2,10H2,1H3. The van der Waals surface area contributed by atoms with Crippen LogP contribution < -0.4 is 0 Å². The minimum absolute atomic E-state index is 0.501. The van der Waals surface area contributed by atoms with E-state index in [9.17, 15) is 10.2 Å². The predicted octanol–water partition coefficient (Wildman–Crippen LogP) is 2.95. The minimum Gasteiger partial charge on any atom is -0.390 e. The first-order valence-electron chi connectivity index (χ1n) is 6.19. The van der Waals surface area contributed by atoms with E-state index in [0.717, 1.165) is 16.9 Å². The van der Waals surface area contributed by atoms with Crippen molar-refractivity contribution in [2.45, 2.75) is 32.0 Å². The maximum absolute atomic E-state index is 10.1. The van der Waals surface area contributed by atoms with Crippen LogP contribution in [-0.2, 0) is 12.8 Å². The van der Waals surface area contributed by atoms with Crippen LogP contribution in [0.25, 0.3) is 0 Å². The molecule has 1 aromatic carbocycles. The highest BCUT2D eigenvalue weighted by molar-refractivity contribution is 7.11. The van der Waals surface area contributed by atoms with Gasteiger partial charge in [-0.15, -0.1) is 11.3 Å². The molecular formula is C15H18O2S. The van der Waals surface area contributed by atoms with Crippen LogP contribution in [0, 0.1) is 0 Å². The first-order chi connectivity index (χ1) is 8.70. The topological polar surface area (TPSA) is 40.5 Å². The molecule has 2 atom stereocenters. The molecule has 0 radical (unpaired) electrons. The third-order valence-electron chi connectivity index (χ3n) is 2.98. The van der Waals surface area contributed by atoms with Gasteiger partial charge in [0.2, 0.25) is 0 Å². The summed E-state index contributed by atoms with van der Waals surface area (Å²) in [6, 6.07) is 13.4. The van der Waals surface area contributed by atoms with Crippen molar-refractivity contribution >= 4 is 11.3 Å². The van der Waals surface area contributed by atoms with E-state index in [1.54, 1.807) is 11.3 Å². The number of aliphatic hydroxyl groups excluding tert-OH is 2. The summed E-state index contributed by atoms with van der Waals surface area (Å²) in [7, 11) is 0. The van der Waals surface area contributed by atoms with Crippen molar-refractivity contribution in [3.05, 3.63) is 57.8 Å². The molecule has 1 heterocycles. The van der Waals surface area contributed by atoms with Gasteiger partial charge in [0, 0.05) is 16.2 Å². The van der Waals surface area contributed by atoms with Crippen LogP contribution in [0.2, 0.25) is 0 Å². The molecule has 0 amide bonds. The van der Waals surface area contributed by atoms with Gasteiger partial charge in [-0.25, -0.2) is 0 Å². The number of hydrogen-bond acceptors (Lipinski definition) is 3. The zero-order chi connectivity index (χ0) is 13.0. The van der Waals surface area contributed by atoms with Crippen LogP contribution in [0.1, 0.15) is 28.3 Å². The van der Waals surface area contributed by atoms with Crippen molar-refractivity contribution in [1.29, 1.82) is 0 Å². The lowest BCUT2D eigenvalue weighted by Crippen LogP contribution is -2.20. The summed E-state index contributed by atoms with van der Waals surface area (Å²) in [5, 5.41) is 20.1. The van der Waals surface area contributed by atoms with Gasteiger partial charge in [-0.1, -0.05) is 37.3 Å². The van der Waals surface area contributed by atoms with Crippen LogP contribution in [-0.4, -0.2) is 16.3 Å². The molecule has 2 aromatic rings. The maximum Gasteiger partial charge on any atom is 0.105 e. The molecule has 2 rings (SSSR count). The first-order valence-corrected chi connectivity index (χ1v) is 7.01. The van der Waals surface area contributed by atoms with Crippen molar-refractivity contribution in [3.8, 4) is 0 Å². The quantitative estimate of drug-likeness (QED) is 0.869. The van der Waals surface area contributed by atoms with Crippen molar-refractivity contribution < 1.29 is 10.2 Å². The van der Waals surface area contributed by atoms with Gasteiger partial charge in [0.25, 0.3) is 0 Å². The fourth-order valence-electron chi connectivity index (χ4n) is 1.91. The van der Waals surface area contributed by atoms with Gasteiger partial charge in [-0.05, 0) is 24.1 Å². The molecule has 0 aliphatic heterocycles. The average molecular weight is 262 g/mol. The molecule has 3 heteroatoms. The lowest BCUT2D eigenvalue weighted by atomic mass is 10.0. The van der Waals surface area contributed by atoms with E-state index in [4.69, 9.17) is 0 Å². The Bertz CT molecular complexity index is 478. The zero-order valence-corrected chi connectivity index (χ0v) is 11.2. The molecule has 0 spiro atoms. The van der Waals surface area contributed by atoms with Gasteiger partial charge in [0.15, 0.2) is 0 Å². The summed E-state index contributed by atoms with van der Waals surface area (Å²) < 4.78 is 0. The molecule has 2 unspecified atom stereocenters. The fraction of sp³-hybridized carbons (Fsp3) is 0.333. The average Bonchev–Trinajstić information content (AvgIpc) is 2.86. The number of rotatable bonds is 5. The highest BCUT2D eigenvalue weighted by Gasteiger charge is 2.19. The van der Waals surface area contributed by atoms with Gasteiger partial charge in [-0.2, -0.15) is 0 Å². The normalized spacial score (nSPS) is 14.4. The smallest absolute Gasteiger partial charge is 0.105 e. The number of thiophene rings is 1. The van der Waals surface area contributed by atoms with Gasteiger partial charge < -0.3 is 10.2 Å². The van der Waals surface area contributed by atoms with E-state index < -0.39 is 12.2 Å². The predicted molar refractivity (Wildman–Crippen MR) is 74.8 cm³/mol. The summed E-state index contributed by atoms with van der Waals surface area (Å²) in [5.74, 6) is 0. The molecular weight excluding hydrogens is 244 g/mol. The zero-order valence-electron chi connectivity index (χ0n) is 10.4. The lowest BCUT2D eigenvalue weighted by Gasteiger charge is -2.17. The highest BCUT2D eigenvalue weighted by Crippen LogP contribution is 2.23. The third-order valence-corrected chi connectivity index (χ3v) is 4.23. The van der Waals surface area contributed by atoms with Gasteiger partial charge in [-0.3, -0.25) is 0 Å². The number of benzene rings is 1. The minimum atomic E-state index is -0.821. The van der Waals surface area contributed by atoms with Crippen molar-refractivity contribution in [3.63, 3.8) is 0 Å². The lowest BCUT2D eigenvalue weighted by molar-refractivity contribution is 0.0194. The Kier molecular flexibility index (Phi) is 4.53. The number of aliphatic hydroxyl groups is 2. The summed E-state index contributed by atoms with van der Waals surface area (Å²) >= 11 is 1.70. The maximum atomic E-state index is 10.1. The van der Waals surface area contributed by atoms with Gasteiger partial charge in [0.1, 0.15) is 6.10 Å². The summed E-state index contributed by atoms with van der Waals surface area (Å²) in [6.45, 7) is 2.12. The Morgan fingerprint density at radius 1 is 1.00 bits per heavy atom. The molecule has 0 aliphatic carbocycles. The number of aryl methyl sites for hydroxylation is 1. The molecule has 18 heavy (non-hydrogen) atoms. The summed E-state index contributed by atoms with van der Waals surface area (Å²) in [4.78, 5) is 2.43. The molecule has 0 saturated heterocycles. The van der Waals surface area contributed by atoms with Gasteiger partial charge >= 0.3 is 0 Å². The van der Waals surface area contributed by atoms with Crippen molar-refractivity contribution in [2.75, 3.05) is 0 Å². The molecule has 0 fully saturated rings. The Morgan fingerprint density at radius 3 is 2.28 bits per heavy atom. The first kappa shape index (κ1) is 13.3. The fourth-order valence-corrected chi connectivity index (χ4v) is 2.92. The summed E-state index contributed by atoms with van der Waals surface area (Å²) in [6.07, 6.45) is -0.0583. The second kappa shape index (κ2) is 6.14. The van der Waals surface area contributed by atoms with Crippen LogP contribution in [0.15, 0.2) is 42.5 Å². The van der Waals surface area contributed by atoms with E-state index in [1.165, 1.54) is 4.88 Å². The number of hydrogen-bond donors (Lipinski definition) is 2. The highest BCUT2D eigenvalue weighted by atomic mass is 32.1. The van der Waals surface area contributed by atoms with Crippen molar-refractivity contribution in [2.24, 2.45) is 0 Å². The van der Waals surface area contributed by atoms with Crippen LogP contribution in [0.4, 0.5) is 0 Å².